The number of aryl methyl sites for hydroxylation is 1. The van der Waals surface area contributed by atoms with Gasteiger partial charge in [0.15, 0.2) is 11.6 Å². The molecule has 0 saturated heterocycles. The molecule has 0 aliphatic carbocycles. The van der Waals surface area contributed by atoms with E-state index in [2.05, 4.69) is 0 Å². The van der Waals surface area contributed by atoms with Crippen molar-refractivity contribution in [2.75, 3.05) is 7.11 Å². The number of hydrogen-bond acceptors (Lipinski definition) is 2. The summed E-state index contributed by atoms with van der Waals surface area (Å²) in [6.45, 7) is 1.84. The Hall–Kier alpha value is -1.48. The second-order valence-electron chi connectivity index (χ2n) is 3.70. The Bertz CT molecular complexity index is 522. The van der Waals surface area contributed by atoms with E-state index in [0.717, 1.165) is 5.76 Å². The molecule has 1 aromatic carbocycles. The standard InChI is InChI=1S/C13H12ClFO2/c1-8-3-5-12(17-8)13(14)9-4-6-11(16-2)10(15)7-9/h3-7,13H,1-2H3. The molecule has 1 aromatic heterocycles. The van der Waals surface area contributed by atoms with Crippen molar-refractivity contribution in [1.82, 2.24) is 0 Å². The van der Waals surface area contributed by atoms with Gasteiger partial charge in [0.1, 0.15) is 16.9 Å². The van der Waals surface area contributed by atoms with Crippen LogP contribution in [-0.2, 0) is 0 Å². The molecular formula is C13H12ClFO2. The summed E-state index contributed by atoms with van der Waals surface area (Å²) in [5.41, 5.74) is 0.638. The van der Waals surface area contributed by atoms with Gasteiger partial charge in [-0.25, -0.2) is 4.39 Å². The van der Waals surface area contributed by atoms with Gasteiger partial charge in [0.25, 0.3) is 0 Å². The van der Waals surface area contributed by atoms with Crippen LogP contribution in [0.5, 0.6) is 5.75 Å². The van der Waals surface area contributed by atoms with Crippen LogP contribution in [0.1, 0.15) is 22.5 Å². The lowest BCUT2D eigenvalue weighted by Gasteiger charge is -2.09. The van der Waals surface area contributed by atoms with E-state index < -0.39 is 11.2 Å². The minimum Gasteiger partial charge on any atom is -0.494 e. The van der Waals surface area contributed by atoms with Crippen molar-refractivity contribution in [3.63, 3.8) is 0 Å². The number of furan rings is 1. The molecule has 2 aromatic rings. The van der Waals surface area contributed by atoms with Gasteiger partial charge >= 0.3 is 0 Å². The summed E-state index contributed by atoms with van der Waals surface area (Å²) in [6, 6.07) is 8.24. The normalized spacial score (nSPS) is 12.5. The predicted molar refractivity (Wildman–Crippen MR) is 64.1 cm³/mol. The van der Waals surface area contributed by atoms with E-state index in [0.29, 0.717) is 11.3 Å². The van der Waals surface area contributed by atoms with Crippen LogP contribution < -0.4 is 4.74 Å². The first kappa shape index (κ1) is 12.0. The first-order valence-electron chi connectivity index (χ1n) is 5.15. The van der Waals surface area contributed by atoms with E-state index in [1.807, 2.05) is 13.0 Å². The number of hydrogen-bond donors (Lipinski definition) is 0. The van der Waals surface area contributed by atoms with E-state index in [1.54, 1.807) is 18.2 Å². The van der Waals surface area contributed by atoms with Crippen LogP contribution in [0.25, 0.3) is 0 Å². The number of ether oxygens (including phenoxy) is 1. The lowest BCUT2D eigenvalue weighted by Crippen LogP contribution is -1.94. The van der Waals surface area contributed by atoms with E-state index in [-0.39, 0.29) is 5.75 Å². The Balaban J connectivity index is 2.31. The molecule has 4 heteroatoms. The zero-order valence-corrected chi connectivity index (χ0v) is 10.3. The van der Waals surface area contributed by atoms with Gasteiger partial charge in [-0.05, 0) is 36.8 Å². The molecule has 0 amide bonds. The highest BCUT2D eigenvalue weighted by molar-refractivity contribution is 6.22. The molecule has 0 aliphatic heterocycles. The van der Waals surface area contributed by atoms with Crippen molar-refractivity contribution < 1.29 is 13.5 Å². The van der Waals surface area contributed by atoms with Crippen molar-refractivity contribution in [2.45, 2.75) is 12.3 Å². The fraction of sp³-hybridized carbons (Fsp3) is 0.231. The van der Waals surface area contributed by atoms with Crippen LogP contribution in [0.15, 0.2) is 34.7 Å². The molecule has 0 bridgehead atoms. The van der Waals surface area contributed by atoms with E-state index in [4.69, 9.17) is 20.8 Å². The number of halogens is 2. The van der Waals surface area contributed by atoms with Gasteiger partial charge in [0.2, 0.25) is 0 Å². The molecule has 90 valence electrons. The van der Waals surface area contributed by atoms with Crippen molar-refractivity contribution in [3.05, 3.63) is 53.2 Å². The molecule has 0 spiro atoms. The molecule has 0 radical (unpaired) electrons. The van der Waals surface area contributed by atoms with E-state index >= 15 is 0 Å². The number of benzene rings is 1. The largest absolute Gasteiger partial charge is 0.494 e. The maximum absolute atomic E-state index is 13.5. The average Bonchev–Trinajstić information content (AvgIpc) is 2.75. The molecule has 0 aliphatic rings. The third-order valence-electron chi connectivity index (χ3n) is 2.48. The minimum atomic E-state index is -0.496. The lowest BCUT2D eigenvalue weighted by molar-refractivity contribution is 0.386. The van der Waals surface area contributed by atoms with Gasteiger partial charge in [-0.2, -0.15) is 0 Å². The Morgan fingerprint density at radius 2 is 2.06 bits per heavy atom. The Kier molecular flexibility index (Phi) is 3.38. The zero-order chi connectivity index (χ0) is 12.4. The molecule has 1 atom stereocenters. The lowest BCUT2D eigenvalue weighted by atomic mass is 10.1. The van der Waals surface area contributed by atoms with Crippen LogP contribution in [-0.4, -0.2) is 7.11 Å². The molecule has 2 rings (SSSR count). The zero-order valence-electron chi connectivity index (χ0n) is 9.54. The summed E-state index contributed by atoms with van der Waals surface area (Å²) in [7, 11) is 1.42. The number of rotatable bonds is 3. The van der Waals surface area contributed by atoms with Gasteiger partial charge in [-0.1, -0.05) is 6.07 Å². The van der Waals surface area contributed by atoms with E-state index in [9.17, 15) is 4.39 Å². The predicted octanol–water partition coefficient (Wildman–Crippen LogP) is 4.06. The summed E-state index contributed by atoms with van der Waals surface area (Å²) in [5.74, 6) is 1.15. The van der Waals surface area contributed by atoms with Crippen LogP contribution in [0.3, 0.4) is 0 Å². The van der Waals surface area contributed by atoms with Crippen LogP contribution in [0.4, 0.5) is 4.39 Å². The van der Waals surface area contributed by atoms with Crippen molar-refractivity contribution >= 4 is 11.6 Å². The highest BCUT2D eigenvalue weighted by atomic mass is 35.5. The van der Waals surface area contributed by atoms with Gasteiger partial charge in [0.05, 0.1) is 7.11 Å². The first-order chi connectivity index (χ1) is 8.11. The first-order valence-corrected chi connectivity index (χ1v) is 5.59. The summed E-state index contributed by atoms with van der Waals surface area (Å²) in [5, 5.41) is -0.496. The second-order valence-corrected chi connectivity index (χ2v) is 4.14. The smallest absolute Gasteiger partial charge is 0.165 e. The molecular weight excluding hydrogens is 243 g/mol. The highest BCUT2D eigenvalue weighted by Gasteiger charge is 2.16. The molecule has 0 saturated carbocycles. The van der Waals surface area contributed by atoms with Crippen molar-refractivity contribution in [3.8, 4) is 5.75 Å². The maximum Gasteiger partial charge on any atom is 0.165 e. The van der Waals surface area contributed by atoms with Crippen molar-refractivity contribution in [1.29, 1.82) is 0 Å². The summed E-state index contributed by atoms with van der Waals surface area (Å²) < 4.78 is 23.8. The van der Waals surface area contributed by atoms with Gasteiger partial charge < -0.3 is 9.15 Å². The summed E-state index contributed by atoms with van der Waals surface area (Å²) in [6.07, 6.45) is 0. The molecule has 1 heterocycles. The topological polar surface area (TPSA) is 22.4 Å². The molecule has 2 nitrogen and oxygen atoms in total. The maximum atomic E-state index is 13.5. The fourth-order valence-electron chi connectivity index (χ4n) is 1.59. The number of methoxy groups -OCH3 is 1. The summed E-state index contributed by atoms with van der Waals surface area (Å²) >= 11 is 6.21. The monoisotopic (exact) mass is 254 g/mol. The van der Waals surface area contributed by atoms with Crippen molar-refractivity contribution in [2.24, 2.45) is 0 Å². The Morgan fingerprint density at radius 1 is 1.29 bits per heavy atom. The van der Waals surface area contributed by atoms with E-state index in [1.165, 1.54) is 13.2 Å². The SMILES string of the molecule is COc1ccc(C(Cl)c2ccc(C)o2)cc1F. The molecule has 0 N–H and O–H groups in total. The van der Waals surface area contributed by atoms with Gasteiger partial charge in [-0.15, -0.1) is 11.6 Å². The molecule has 1 unspecified atom stereocenters. The number of alkyl halides is 1. The third kappa shape index (κ3) is 2.44. The highest BCUT2D eigenvalue weighted by Crippen LogP contribution is 2.32. The van der Waals surface area contributed by atoms with Crippen LogP contribution >= 0.6 is 11.6 Å². The molecule has 17 heavy (non-hydrogen) atoms. The third-order valence-corrected chi connectivity index (χ3v) is 2.95. The van der Waals surface area contributed by atoms with Gasteiger partial charge in [0, 0.05) is 0 Å². The fourth-order valence-corrected chi connectivity index (χ4v) is 1.85. The molecule has 0 fully saturated rings. The quantitative estimate of drug-likeness (QED) is 0.771. The Morgan fingerprint density at radius 3 is 2.59 bits per heavy atom. The van der Waals surface area contributed by atoms with Crippen LogP contribution in [0, 0.1) is 12.7 Å². The average molecular weight is 255 g/mol. The van der Waals surface area contributed by atoms with Crippen LogP contribution in [0.2, 0.25) is 0 Å². The van der Waals surface area contributed by atoms with Gasteiger partial charge in [-0.3, -0.25) is 0 Å². The Labute approximate surface area is 104 Å². The minimum absolute atomic E-state index is 0.202. The second kappa shape index (κ2) is 4.80. The summed E-state index contributed by atoms with van der Waals surface area (Å²) in [4.78, 5) is 0.